The molecular weight excluding hydrogens is 154 g/mol. The summed E-state index contributed by atoms with van der Waals surface area (Å²) >= 11 is 0. The number of benzene rings is 1. The van der Waals surface area contributed by atoms with Gasteiger partial charge < -0.3 is 15.6 Å². The van der Waals surface area contributed by atoms with E-state index in [1.54, 1.807) is 31.2 Å². The van der Waals surface area contributed by atoms with E-state index in [2.05, 4.69) is 0 Å². The predicted molar refractivity (Wildman–Crippen MR) is 44.3 cm³/mol. The molecule has 0 amide bonds. The van der Waals surface area contributed by atoms with E-state index in [0.29, 0.717) is 11.3 Å². The Balaban J connectivity index is 2.95. The Bertz CT molecular complexity index is 296. The van der Waals surface area contributed by atoms with Crippen LogP contribution in [0.5, 0.6) is 0 Å². The third kappa shape index (κ3) is 1.75. The molecule has 12 heavy (non-hydrogen) atoms. The predicted octanol–water partition coefficient (Wildman–Crippen LogP) is 0.122. The van der Waals surface area contributed by atoms with Crippen LogP contribution in [-0.2, 0) is 4.79 Å². The zero-order chi connectivity index (χ0) is 9.14. The molecule has 0 bridgehead atoms. The SMILES string of the molecule is CC(C(=O)[O-])c1cccc(N)c1. The molecule has 0 aromatic heterocycles. The van der Waals surface area contributed by atoms with Crippen molar-refractivity contribution in [1.82, 2.24) is 0 Å². The number of anilines is 1. The smallest absolute Gasteiger partial charge is 0.0486 e. The number of carbonyl (C=O) groups excluding carboxylic acids is 1. The molecule has 1 aromatic carbocycles. The number of nitrogen functional groups attached to an aromatic ring is 1. The van der Waals surface area contributed by atoms with E-state index in [-0.39, 0.29) is 0 Å². The summed E-state index contributed by atoms with van der Waals surface area (Å²) in [6, 6.07) is 6.80. The van der Waals surface area contributed by atoms with E-state index < -0.39 is 11.9 Å². The molecule has 0 heterocycles. The first-order valence-corrected chi connectivity index (χ1v) is 3.67. The van der Waals surface area contributed by atoms with Crippen LogP contribution < -0.4 is 10.8 Å². The van der Waals surface area contributed by atoms with Crippen LogP contribution in [0, 0.1) is 0 Å². The Hall–Kier alpha value is -1.51. The van der Waals surface area contributed by atoms with Crippen LogP contribution in [0.3, 0.4) is 0 Å². The first-order valence-electron chi connectivity index (χ1n) is 3.67. The van der Waals surface area contributed by atoms with E-state index in [1.165, 1.54) is 0 Å². The topological polar surface area (TPSA) is 66.1 Å². The molecule has 2 N–H and O–H groups in total. The zero-order valence-corrected chi connectivity index (χ0v) is 6.78. The average molecular weight is 164 g/mol. The van der Waals surface area contributed by atoms with Crippen molar-refractivity contribution in [2.45, 2.75) is 12.8 Å². The van der Waals surface area contributed by atoms with Gasteiger partial charge in [-0.2, -0.15) is 0 Å². The van der Waals surface area contributed by atoms with Crippen molar-refractivity contribution in [2.24, 2.45) is 0 Å². The Labute approximate surface area is 70.8 Å². The number of carbonyl (C=O) groups is 1. The van der Waals surface area contributed by atoms with Gasteiger partial charge >= 0.3 is 0 Å². The van der Waals surface area contributed by atoms with Gasteiger partial charge in [-0.15, -0.1) is 0 Å². The Morgan fingerprint density at radius 1 is 1.58 bits per heavy atom. The molecule has 0 spiro atoms. The second kappa shape index (κ2) is 3.26. The molecule has 3 nitrogen and oxygen atoms in total. The molecule has 1 atom stereocenters. The van der Waals surface area contributed by atoms with Crippen LogP contribution in [-0.4, -0.2) is 5.97 Å². The number of rotatable bonds is 2. The largest absolute Gasteiger partial charge is 0.550 e. The minimum absolute atomic E-state index is 0.570. The highest BCUT2D eigenvalue weighted by Crippen LogP contribution is 2.16. The quantitative estimate of drug-likeness (QED) is 0.631. The maximum absolute atomic E-state index is 10.5. The van der Waals surface area contributed by atoms with Gasteiger partial charge in [0.15, 0.2) is 0 Å². The fourth-order valence-corrected chi connectivity index (χ4v) is 0.964. The highest BCUT2D eigenvalue weighted by Gasteiger charge is 2.05. The minimum Gasteiger partial charge on any atom is -0.550 e. The maximum Gasteiger partial charge on any atom is 0.0486 e. The molecule has 3 heteroatoms. The Kier molecular flexibility index (Phi) is 2.33. The van der Waals surface area contributed by atoms with Gasteiger partial charge in [0.2, 0.25) is 0 Å². The Morgan fingerprint density at radius 3 is 2.75 bits per heavy atom. The minimum atomic E-state index is -1.08. The van der Waals surface area contributed by atoms with E-state index in [0.717, 1.165) is 0 Å². The molecule has 0 saturated heterocycles. The Morgan fingerprint density at radius 2 is 2.25 bits per heavy atom. The first-order chi connectivity index (χ1) is 5.61. The van der Waals surface area contributed by atoms with E-state index in [4.69, 9.17) is 5.73 Å². The molecule has 1 unspecified atom stereocenters. The van der Waals surface area contributed by atoms with Gasteiger partial charge in [0.1, 0.15) is 0 Å². The second-order valence-corrected chi connectivity index (χ2v) is 2.71. The monoisotopic (exact) mass is 164 g/mol. The summed E-state index contributed by atoms with van der Waals surface area (Å²) in [7, 11) is 0. The highest BCUT2D eigenvalue weighted by molar-refractivity contribution is 5.73. The van der Waals surface area contributed by atoms with Gasteiger partial charge in [-0.1, -0.05) is 19.1 Å². The number of hydrogen-bond acceptors (Lipinski definition) is 3. The second-order valence-electron chi connectivity index (χ2n) is 2.71. The van der Waals surface area contributed by atoms with Crippen LogP contribution in [0.25, 0.3) is 0 Å². The molecule has 1 rings (SSSR count). The summed E-state index contributed by atoms with van der Waals surface area (Å²) in [5, 5.41) is 10.5. The van der Waals surface area contributed by atoms with Crippen molar-refractivity contribution in [3.05, 3.63) is 29.8 Å². The molecule has 0 aliphatic rings. The van der Waals surface area contributed by atoms with Gasteiger partial charge in [-0.05, 0) is 17.7 Å². The van der Waals surface area contributed by atoms with Crippen LogP contribution in [0.15, 0.2) is 24.3 Å². The maximum atomic E-state index is 10.5. The van der Waals surface area contributed by atoms with Gasteiger partial charge in [0.05, 0.1) is 0 Å². The van der Waals surface area contributed by atoms with Gasteiger partial charge in [-0.3, -0.25) is 0 Å². The fourth-order valence-electron chi connectivity index (χ4n) is 0.964. The van der Waals surface area contributed by atoms with Gasteiger partial charge in [-0.25, -0.2) is 0 Å². The molecule has 64 valence electrons. The van der Waals surface area contributed by atoms with Crippen molar-refractivity contribution in [3.63, 3.8) is 0 Å². The van der Waals surface area contributed by atoms with Gasteiger partial charge in [0.25, 0.3) is 0 Å². The molecule has 0 aliphatic heterocycles. The molecule has 1 aromatic rings. The molecule has 0 aliphatic carbocycles. The van der Waals surface area contributed by atoms with Crippen molar-refractivity contribution < 1.29 is 9.90 Å². The number of hydrogen-bond donors (Lipinski definition) is 1. The molecule has 0 saturated carbocycles. The van der Waals surface area contributed by atoms with Crippen molar-refractivity contribution >= 4 is 11.7 Å². The lowest BCUT2D eigenvalue weighted by atomic mass is 10.0. The summed E-state index contributed by atoms with van der Waals surface area (Å²) in [5.41, 5.74) is 6.73. The summed E-state index contributed by atoms with van der Waals surface area (Å²) in [6.07, 6.45) is 0. The normalized spacial score (nSPS) is 12.4. The molecule has 0 fully saturated rings. The highest BCUT2D eigenvalue weighted by atomic mass is 16.4. The van der Waals surface area contributed by atoms with E-state index in [9.17, 15) is 9.90 Å². The van der Waals surface area contributed by atoms with Crippen LogP contribution in [0.4, 0.5) is 5.69 Å². The number of carboxylic acids is 1. The lowest BCUT2D eigenvalue weighted by molar-refractivity contribution is -0.307. The summed E-state index contributed by atoms with van der Waals surface area (Å²) in [5.74, 6) is -1.69. The summed E-state index contributed by atoms with van der Waals surface area (Å²) < 4.78 is 0. The third-order valence-corrected chi connectivity index (χ3v) is 1.76. The average Bonchev–Trinajstić information content (AvgIpc) is 2.03. The van der Waals surface area contributed by atoms with E-state index >= 15 is 0 Å². The van der Waals surface area contributed by atoms with Crippen molar-refractivity contribution in [3.8, 4) is 0 Å². The van der Waals surface area contributed by atoms with Crippen LogP contribution >= 0.6 is 0 Å². The van der Waals surface area contributed by atoms with Gasteiger partial charge in [0, 0.05) is 17.6 Å². The lowest BCUT2D eigenvalue weighted by Gasteiger charge is -2.12. The standard InChI is InChI=1S/C9H11NO2/c1-6(9(11)12)7-3-2-4-8(10)5-7/h2-6H,10H2,1H3,(H,11,12)/p-1. The summed E-state index contributed by atoms with van der Waals surface area (Å²) in [4.78, 5) is 10.5. The zero-order valence-electron chi connectivity index (χ0n) is 6.78. The molecular formula is C9H10NO2-. The lowest BCUT2D eigenvalue weighted by Crippen LogP contribution is -2.27. The molecule has 0 radical (unpaired) electrons. The summed E-state index contributed by atoms with van der Waals surface area (Å²) in [6.45, 7) is 1.57. The van der Waals surface area contributed by atoms with Crippen molar-refractivity contribution in [2.75, 3.05) is 5.73 Å². The number of carboxylic acid groups (broad SMARTS) is 1. The van der Waals surface area contributed by atoms with Crippen LogP contribution in [0.2, 0.25) is 0 Å². The third-order valence-electron chi connectivity index (χ3n) is 1.76. The first kappa shape index (κ1) is 8.59. The number of nitrogens with two attached hydrogens (primary N) is 1. The number of aliphatic carboxylic acids is 1. The van der Waals surface area contributed by atoms with E-state index in [1.807, 2.05) is 0 Å². The fraction of sp³-hybridized carbons (Fsp3) is 0.222. The van der Waals surface area contributed by atoms with Crippen molar-refractivity contribution in [1.29, 1.82) is 0 Å². The van der Waals surface area contributed by atoms with Crippen LogP contribution in [0.1, 0.15) is 18.4 Å².